The number of aryl methyl sites for hydroxylation is 3. The Labute approximate surface area is 163 Å². The molecule has 0 atom stereocenters. The summed E-state index contributed by atoms with van der Waals surface area (Å²) in [6.07, 6.45) is 1.83. The molecule has 0 saturated heterocycles. The van der Waals surface area contributed by atoms with E-state index in [1.54, 1.807) is 0 Å². The molecule has 0 fully saturated rings. The molecule has 0 aliphatic carbocycles. The van der Waals surface area contributed by atoms with Crippen molar-refractivity contribution >= 4 is 21.9 Å². The molecule has 0 aliphatic rings. The zero-order chi connectivity index (χ0) is 18.5. The van der Waals surface area contributed by atoms with Crippen molar-refractivity contribution in [2.24, 2.45) is 0 Å². The summed E-state index contributed by atoms with van der Waals surface area (Å²) in [5.41, 5.74) is 8.00. The van der Waals surface area contributed by atoms with Gasteiger partial charge < -0.3 is 9.51 Å². The van der Waals surface area contributed by atoms with Crippen LogP contribution in [-0.2, 0) is 0 Å². The van der Waals surface area contributed by atoms with Crippen molar-refractivity contribution in [1.29, 1.82) is 0 Å². The van der Waals surface area contributed by atoms with Crippen molar-refractivity contribution in [3.63, 3.8) is 0 Å². The van der Waals surface area contributed by atoms with Gasteiger partial charge in [0.25, 0.3) is 0 Å². The normalized spacial score (nSPS) is 11.1. The molecular weight excluding hydrogens is 348 g/mol. The van der Waals surface area contributed by atoms with E-state index in [0.29, 0.717) is 0 Å². The van der Waals surface area contributed by atoms with Crippen LogP contribution < -0.4 is 0 Å². The van der Waals surface area contributed by atoms with Crippen molar-refractivity contribution < 1.29 is 4.52 Å². The van der Waals surface area contributed by atoms with E-state index in [-0.39, 0.29) is 7.43 Å². The first-order valence-corrected chi connectivity index (χ1v) is 8.89. The minimum absolute atomic E-state index is 0. The molecule has 3 heterocycles. The van der Waals surface area contributed by atoms with Gasteiger partial charge in [0.2, 0.25) is 0 Å². The first-order chi connectivity index (χ1) is 13.1. The number of fused-ring (bicyclic) bond motifs is 2. The van der Waals surface area contributed by atoms with Crippen LogP contribution in [0.15, 0.2) is 53.2 Å². The third-order valence-electron chi connectivity index (χ3n) is 4.95. The largest absolute Gasteiger partial charge is 0.361 e. The van der Waals surface area contributed by atoms with Crippen molar-refractivity contribution in [2.45, 2.75) is 28.2 Å². The number of hydrogen-bond acceptors (Lipinski definition) is 4. The lowest BCUT2D eigenvalue weighted by atomic mass is 9.95. The number of rotatable bonds is 2. The lowest BCUT2D eigenvalue weighted by molar-refractivity contribution is 0.393. The quantitative estimate of drug-likeness (QED) is 0.414. The molecule has 5 heteroatoms. The minimum Gasteiger partial charge on any atom is -0.361 e. The standard InChI is InChI=1S/C22H18N4O.CH4/c1-12-20(13(2)27-26-12)16-10-18(22-19(11-16)24-14(3)25-22)17-8-4-6-15-7-5-9-23-21(15)17;/h4-11H,1-3H3,(H,24,25);1H4. The van der Waals surface area contributed by atoms with Gasteiger partial charge in [0.15, 0.2) is 0 Å². The predicted molar refractivity (Wildman–Crippen MR) is 113 cm³/mol. The van der Waals surface area contributed by atoms with Crippen molar-refractivity contribution in [3.05, 3.63) is 65.9 Å². The summed E-state index contributed by atoms with van der Waals surface area (Å²) in [6.45, 7) is 5.88. The van der Waals surface area contributed by atoms with Crippen LogP contribution in [0, 0.1) is 20.8 Å². The molecule has 0 bridgehead atoms. The molecule has 0 aliphatic heterocycles. The van der Waals surface area contributed by atoms with E-state index < -0.39 is 0 Å². The van der Waals surface area contributed by atoms with Crippen LogP contribution in [0.1, 0.15) is 24.7 Å². The van der Waals surface area contributed by atoms with E-state index in [0.717, 1.165) is 61.5 Å². The lowest BCUT2D eigenvalue weighted by Crippen LogP contribution is -1.89. The van der Waals surface area contributed by atoms with E-state index in [2.05, 4.69) is 51.5 Å². The van der Waals surface area contributed by atoms with Crippen LogP contribution in [0.3, 0.4) is 0 Å². The molecule has 5 rings (SSSR count). The van der Waals surface area contributed by atoms with Gasteiger partial charge in [0.05, 0.1) is 22.2 Å². The van der Waals surface area contributed by atoms with Crippen LogP contribution in [-0.4, -0.2) is 20.1 Å². The number of imidazole rings is 1. The predicted octanol–water partition coefficient (Wildman–Crippen LogP) is 5.99. The molecule has 0 unspecified atom stereocenters. The van der Waals surface area contributed by atoms with Gasteiger partial charge in [-0.15, -0.1) is 0 Å². The highest BCUT2D eigenvalue weighted by atomic mass is 16.5. The van der Waals surface area contributed by atoms with Crippen molar-refractivity contribution in [2.75, 3.05) is 0 Å². The van der Waals surface area contributed by atoms with Crippen LogP contribution in [0.4, 0.5) is 0 Å². The van der Waals surface area contributed by atoms with E-state index in [1.165, 1.54) is 0 Å². The highest BCUT2D eigenvalue weighted by Crippen LogP contribution is 2.37. The molecule has 3 aromatic heterocycles. The average molecular weight is 370 g/mol. The molecule has 0 radical (unpaired) electrons. The van der Waals surface area contributed by atoms with Gasteiger partial charge in [-0.05, 0) is 44.5 Å². The van der Waals surface area contributed by atoms with Crippen LogP contribution in [0.5, 0.6) is 0 Å². The number of hydrogen-bond donors (Lipinski definition) is 1. The second-order valence-corrected chi connectivity index (χ2v) is 6.82. The summed E-state index contributed by atoms with van der Waals surface area (Å²) in [6, 6.07) is 14.6. The highest BCUT2D eigenvalue weighted by Gasteiger charge is 2.18. The lowest BCUT2D eigenvalue weighted by Gasteiger charge is -2.10. The van der Waals surface area contributed by atoms with Crippen LogP contribution >= 0.6 is 0 Å². The molecule has 5 nitrogen and oxygen atoms in total. The van der Waals surface area contributed by atoms with E-state index in [4.69, 9.17) is 9.51 Å². The Morgan fingerprint density at radius 2 is 1.75 bits per heavy atom. The summed E-state index contributed by atoms with van der Waals surface area (Å²) >= 11 is 0. The van der Waals surface area contributed by atoms with Crippen molar-refractivity contribution in [1.82, 2.24) is 20.1 Å². The number of H-pyrrole nitrogens is 1. The second kappa shape index (κ2) is 6.60. The zero-order valence-corrected chi connectivity index (χ0v) is 15.4. The Balaban J connectivity index is 0.00000192. The van der Waals surface area contributed by atoms with Gasteiger partial charge in [-0.1, -0.05) is 36.8 Å². The second-order valence-electron chi connectivity index (χ2n) is 6.82. The number of nitrogens with one attached hydrogen (secondary N) is 1. The van der Waals surface area contributed by atoms with Crippen LogP contribution in [0.25, 0.3) is 44.2 Å². The Bertz CT molecular complexity index is 1290. The molecule has 28 heavy (non-hydrogen) atoms. The molecule has 0 spiro atoms. The molecule has 0 saturated carbocycles. The van der Waals surface area contributed by atoms with Gasteiger partial charge in [-0.3, -0.25) is 4.98 Å². The summed E-state index contributed by atoms with van der Waals surface area (Å²) in [5, 5.41) is 5.23. The van der Waals surface area contributed by atoms with E-state index in [1.807, 2.05) is 33.0 Å². The smallest absolute Gasteiger partial charge is 0.141 e. The maximum atomic E-state index is 5.39. The summed E-state index contributed by atoms with van der Waals surface area (Å²) in [7, 11) is 0. The number of para-hydroxylation sites is 1. The monoisotopic (exact) mass is 370 g/mol. The molecule has 2 aromatic carbocycles. The Morgan fingerprint density at radius 1 is 0.929 bits per heavy atom. The first-order valence-electron chi connectivity index (χ1n) is 8.89. The van der Waals surface area contributed by atoms with Crippen LogP contribution in [0.2, 0.25) is 0 Å². The van der Waals surface area contributed by atoms with E-state index in [9.17, 15) is 0 Å². The fraction of sp³-hybridized carbons (Fsp3) is 0.174. The maximum Gasteiger partial charge on any atom is 0.141 e. The molecular formula is C23H22N4O. The van der Waals surface area contributed by atoms with E-state index >= 15 is 0 Å². The third-order valence-corrected chi connectivity index (χ3v) is 4.95. The topological polar surface area (TPSA) is 67.6 Å². The SMILES string of the molecule is C.Cc1nc2c(-c3cccc4cccnc34)cc(-c3c(C)noc3C)cc2[nH]1. The maximum absolute atomic E-state index is 5.39. The average Bonchev–Trinajstić information content (AvgIpc) is 3.21. The fourth-order valence-corrected chi connectivity index (χ4v) is 3.81. The molecule has 0 amide bonds. The number of nitrogens with zero attached hydrogens (tertiary/aromatic N) is 3. The molecule has 140 valence electrons. The van der Waals surface area contributed by atoms with Gasteiger partial charge in [-0.25, -0.2) is 4.98 Å². The Morgan fingerprint density at radius 3 is 2.54 bits per heavy atom. The summed E-state index contributed by atoms with van der Waals surface area (Å²) in [5.74, 6) is 1.69. The number of aromatic amines is 1. The number of aromatic nitrogens is 4. The third kappa shape index (κ3) is 2.67. The Kier molecular flexibility index (Phi) is 4.23. The molecule has 1 N–H and O–H groups in total. The Hall–Kier alpha value is -3.47. The van der Waals surface area contributed by atoms with Gasteiger partial charge >= 0.3 is 0 Å². The minimum atomic E-state index is 0. The fourth-order valence-electron chi connectivity index (χ4n) is 3.81. The van der Waals surface area contributed by atoms with Gasteiger partial charge in [-0.2, -0.15) is 0 Å². The summed E-state index contributed by atoms with van der Waals surface area (Å²) in [4.78, 5) is 12.7. The van der Waals surface area contributed by atoms with Crippen molar-refractivity contribution in [3.8, 4) is 22.3 Å². The zero-order valence-electron chi connectivity index (χ0n) is 15.4. The number of benzene rings is 2. The summed E-state index contributed by atoms with van der Waals surface area (Å²) < 4.78 is 5.39. The van der Waals surface area contributed by atoms with Gasteiger partial charge in [0.1, 0.15) is 11.6 Å². The van der Waals surface area contributed by atoms with Gasteiger partial charge in [0, 0.05) is 28.3 Å². The highest BCUT2D eigenvalue weighted by molar-refractivity contribution is 6.03. The first kappa shape index (κ1) is 17.9. The molecule has 5 aromatic rings. The number of pyridine rings is 1.